The highest BCUT2D eigenvalue weighted by molar-refractivity contribution is 5.60. The van der Waals surface area contributed by atoms with E-state index in [1.54, 1.807) is 0 Å². The third-order valence-corrected chi connectivity index (χ3v) is 4.33. The van der Waals surface area contributed by atoms with Crippen LogP contribution in [0.4, 0.5) is 5.69 Å². The minimum atomic E-state index is 0.148. The molecule has 2 heteroatoms. The molecule has 0 saturated carbocycles. The second kappa shape index (κ2) is 5.75. The van der Waals surface area contributed by atoms with Crippen LogP contribution in [0.25, 0.3) is 0 Å². The van der Waals surface area contributed by atoms with E-state index in [2.05, 4.69) is 75.2 Å². The van der Waals surface area contributed by atoms with Gasteiger partial charge in [0.1, 0.15) is 0 Å². The van der Waals surface area contributed by atoms with E-state index in [0.717, 1.165) is 19.5 Å². The van der Waals surface area contributed by atoms with Gasteiger partial charge in [0, 0.05) is 24.7 Å². The summed E-state index contributed by atoms with van der Waals surface area (Å²) in [5.74, 6) is 0.666. The lowest BCUT2D eigenvalue weighted by molar-refractivity contribution is 0.517. The van der Waals surface area contributed by atoms with Crippen molar-refractivity contribution in [3.8, 4) is 0 Å². The molecule has 0 aliphatic carbocycles. The molecule has 3 rings (SSSR count). The summed E-state index contributed by atoms with van der Waals surface area (Å²) in [6, 6.07) is 13.0. The summed E-state index contributed by atoms with van der Waals surface area (Å²) in [7, 11) is 0. The second-order valence-electron chi connectivity index (χ2n) is 7.53. The molecule has 0 N–H and O–H groups in total. The number of benzene rings is 1. The number of pyridine rings is 1. The summed E-state index contributed by atoms with van der Waals surface area (Å²) in [5.41, 5.74) is 5.39. The lowest BCUT2D eigenvalue weighted by atomic mass is 9.91. The lowest BCUT2D eigenvalue weighted by Gasteiger charge is -2.23. The van der Waals surface area contributed by atoms with Gasteiger partial charge in [-0.2, -0.15) is 0 Å². The van der Waals surface area contributed by atoms with Crippen LogP contribution in [0.3, 0.4) is 0 Å². The monoisotopic (exact) mass is 294 g/mol. The van der Waals surface area contributed by atoms with E-state index in [9.17, 15) is 0 Å². The molecule has 0 radical (unpaired) electrons. The predicted octanol–water partition coefficient (Wildman–Crippen LogP) is 4.43. The van der Waals surface area contributed by atoms with Crippen molar-refractivity contribution in [2.24, 2.45) is 5.92 Å². The van der Waals surface area contributed by atoms with Crippen molar-refractivity contribution in [2.75, 3.05) is 18.0 Å². The molecule has 0 saturated heterocycles. The van der Waals surface area contributed by atoms with Crippen LogP contribution in [-0.2, 0) is 11.8 Å². The van der Waals surface area contributed by atoms with Gasteiger partial charge in [0.2, 0.25) is 0 Å². The Morgan fingerprint density at radius 2 is 1.86 bits per heavy atom. The van der Waals surface area contributed by atoms with Crippen molar-refractivity contribution in [1.82, 2.24) is 4.98 Å². The number of hydrogen-bond acceptors (Lipinski definition) is 2. The van der Waals surface area contributed by atoms with E-state index in [1.165, 1.54) is 22.5 Å². The number of anilines is 1. The first kappa shape index (κ1) is 15.1. The van der Waals surface area contributed by atoms with Crippen LogP contribution in [0.1, 0.15) is 44.5 Å². The largest absolute Gasteiger partial charge is 0.369 e. The molecule has 2 heterocycles. The van der Waals surface area contributed by atoms with Gasteiger partial charge in [-0.25, -0.2) is 0 Å². The van der Waals surface area contributed by atoms with Crippen LogP contribution >= 0.6 is 0 Å². The van der Waals surface area contributed by atoms with Crippen molar-refractivity contribution in [3.05, 3.63) is 59.4 Å². The minimum absolute atomic E-state index is 0.148. The van der Waals surface area contributed by atoms with Crippen LogP contribution in [0.15, 0.2) is 42.6 Å². The van der Waals surface area contributed by atoms with Gasteiger partial charge in [0.05, 0.1) is 11.4 Å². The Morgan fingerprint density at radius 3 is 2.55 bits per heavy atom. The van der Waals surface area contributed by atoms with Gasteiger partial charge < -0.3 is 4.90 Å². The van der Waals surface area contributed by atoms with Gasteiger partial charge >= 0.3 is 0 Å². The summed E-state index contributed by atoms with van der Waals surface area (Å²) in [6.07, 6.45) is 3.02. The third-order valence-electron chi connectivity index (χ3n) is 4.33. The zero-order chi connectivity index (χ0) is 15.7. The number of fused-ring (bicyclic) bond motifs is 1. The molecule has 0 bridgehead atoms. The molecule has 116 valence electrons. The Bertz CT molecular complexity index is 644. The third kappa shape index (κ3) is 3.01. The van der Waals surface area contributed by atoms with Gasteiger partial charge in [-0.3, -0.25) is 4.98 Å². The molecule has 22 heavy (non-hydrogen) atoms. The molecular formula is C20H26N2. The van der Waals surface area contributed by atoms with Crippen LogP contribution in [0.2, 0.25) is 0 Å². The van der Waals surface area contributed by atoms with E-state index >= 15 is 0 Å². The molecule has 1 aromatic carbocycles. The van der Waals surface area contributed by atoms with Gasteiger partial charge in [-0.1, -0.05) is 58.0 Å². The Hall–Kier alpha value is -1.83. The zero-order valence-corrected chi connectivity index (χ0v) is 14.1. The zero-order valence-electron chi connectivity index (χ0n) is 14.1. The van der Waals surface area contributed by atoms with Crippen LogP contribution < -0.4 is 4.90 Å². The molecule has 1 aliphatic rings. The average Bonchev–Trinajstić information content (AvgIpc) is 2.70. The standard InChI is InChI=1S/C20H26N2/c1-15(2)13-22-14-20(3,4)19-18(22)11-17(12-21-19)10-16-8-6-5-7-9-16/h5-9,11-12,15H,10,13-14H2,1-4H3. The molecule has 0 atom stereocenters. The molecule has 2 nitrogen and oxygen atoms in total. The summed E-state index contributed by atoms with van der Waals surface area (Å²) in [5, 5.41) is 0. The SMILES string of the molecule is CC(C)CN1CC(C)(C)c2ncc(Cc3ccccc3)cc21. The van der Waals surface area contributed by atoms with Crippen molar-refractivity contribution < 1.29 is 0 Å². The van der Waals surface area contributed by atoms with Gasteiger partial charge in [-0.05, 0) is 29.5 Å². The molecule has 0 amide bonds. The van der Waals surface area contributed by atoms with E-state index in [-0.39, 0.29) is 5.41 Å². The van der Waals surface area contributed by atoms with Crippen LogP contribution in [-0.4, -0.2) is 18.1 Å². The second-order valence-corrected chi connectivity index (χ2v) is 7.53. The van der Waals surface area contributed by atoms with Gasteiger partial charge in [0.15, 0.2) is 0 Å². The average molecular weight is 294 g/mol. The highest BCUT2D eigenvalue weighted by Crippen LogP contribution is 2.39. The number of rotatable bonds is 4. The Kier molecular flexibility index (Phi) is 3.94. The molecule has 1 aromatic heterocycles. The van der Waals surface area contributed by atoms with Crippen molar-refractivity contribution in [1.29, 1.82) is 0 Å². The molecule has 2 aromatic rings. The molecular weight excluding hydrogens is 268 g/mol. The van der Waals surface area contributed by atoms with E-state index < -0.39 is 0 Å². The first-order chi connectivity index (χ1) is 10.5. The Morgan fingerprint density at radius 1 is 1.14 bits per heavy atom. The number of aromatic nitrogens is 1. The highest BCUT2D eigenvalue weighted by atomic mass is 15.2. The maximum atomic E-state index is 4.82. The summed E-state index contributed by atoms with van der Waals surface area (Å²) < 4.78 is 0. The topological polar surface area (TPSA) is 16.1 Å². The summed E-state index contributed by atoms with van der Waals surface area (Å²) >= 11 is 0. The van der Waals surface area contributed by atoms with Gasteiger partial charge in [-0.15, -0.1) is 0 Å². The normalized spacial score (nSPS) is 16.1. The van der Waals surface area contributed by atoms with E-state index in [0.29, 0.717) is 5.92 Å². The maximum Gasteiger partial charge on any atom is 0.0710 e. The Labute approximate surface area is 134 Å². The maximum absolute atomic E-state index is 4.82. The molecule has 1 aliphatic heterocycles. The fourth-order valence-corrected chi connectivity index (χ4v) is 3.43. The fourth-order valence-electron chi connectivity index (χ4n) is 3.43. The number of hydrogen-bond donors (Lipinski definition) is 0. The Balaban J connectivity index is 1.91. The quantitative estimate of drug-likeness (QED) is 0.829. The molecule has 0 fully saturated rings. The van der Waals surface area contributed by atoms with Gasteiger partial charge in [0.25, 0.3) is 0 Å². The fraction of sp³-hybridized carbons (Fsp3) is 0.450. The smallest absolute Gasteiger partial charge is 0.0710 e. The van der Waals surface area contributed by atoms with E-state index in [1.807, 2.05) is 0 Å². The predicted molar refractivity (Wildman–Crippen MR) is 93.6 cm³/mol. The lowest BCUT2D eigenvalue weighted by Crippen LogP contribution is -2.31. The van der Waals surface area contributed by atoms with Crippen molar-refractivity contribution >= 4 is 5.69 Å². The van der Waals surface area contributed by atoms with Crippen LogP contribution in [0.5, 0.6) is 0 Å². The highest BCUT2D eigenvalue weighted by Gasteiger charge is 2.36. The van der Waals surface area contributed by atoms with Crippen molar-refractivity contribution in [3.63, 3.8) is 0 Å². The molecule has 0 unspecified atom stereocenters. The van der Waals surface area contributed by atoms with Crippen molar-refractivity contribution in [2.45, 2.75) is 39.5 Å². The van der Waals surface area contributed by atoms with Crippen LogP contribution in [0, 0.1) is 5.92 Å². The van der Waals surface area contributed by atoms with E-state index in [4.69, 9.17) is 4.98 Å². The first-order valence-electron chi connectivity index (χ1n) is 8.24. The minimum Gasteiger partial charge on any atom is -0.369 e. The molecule has 0 spiro atoms. The summed E-state index contributed by atoms with van der Waals surface area (Å²) in [6.45, 7) is 11.3. The first-order valence-corrected chi connectivity index (χ1v) is 8.24. The number of nitrogens with zero attached hydrogens (tertiary/aromatic N) is 2. The summed E-state index contributed by atoms with van der Waals surface area (Å²) in [4.78, 5) is 7.34.